The molecule has 5 heteroatoms. The van der Waals surface area contributed by atoms with Crippen LogP contribution in [-0.2, 0) is 18.8 Å². The highest BCUT2D eigenvalue weighted by atomic mass is 16.7. The van der Waals surface area contributed by atoms with Gasteiger partial charge in [0.25, 0.3) is 0 Å². The lowest BCUT2D eigenvalue weighted by atomic mass is 9.67. The molecular weight excluding hydrogens is 243 g/mol. The van der Waals surface area contributed by atoms with E-state index >= 15 is 0 Å². The SMILES string of the molecule is C#CCC[C@H](CC(=O)OC)B1OC(C)(C)C(C)(C)O1. The van der Waals surface area contributed by atoms with Crippen molar-refractivity contribution < 1.29 is 18.8 Å². The van der Waals surface area contributed by atoms with E-state index in [1.807, 2.05) is 27.7 Å². The standard InChI is InChI=1S/C14H23BO4/c1-7-8-9-11(10-12(16)17-6)15-18-13(2,3)14(4,5)19-15/h1,11H,8-10H2,2-6H3/t11-/m1/s1. The second-order valence-corrected chi connectivity index (χ2v) is 5.91. The third-order valence-corrected chi connectivity index (χ3v) is 3.97. The molecule has 0 aromatic carbocycles. The van der Waals surface area contributed by atoms with Gasteiger partial charge in [-0.05, 0) is 34.1 Å². The monoisotopic (exact) mass is 266 g/mol. The molecule has 1 heterocycles. The van der Waals surface area contributed by atoms with Crippen molar-refractivity contribution in [1.82, 2.24) is 0 Å². The molecule has 1 saturated heterocycles. The van der Waals surface area contributed by atoms with E-state index in [0.29, 0.717) is 12.8 Å². The van der Waals surface area contributed by atoms with Crippen LogP contribution in [0.15, 0.2) is 0 Å². The Morgan fingerprint density at radius 2 is 1.84 bits per heavy atom. The van der Waals surface area contributed by atoms with Gasteiger partial charge in [-0.15, -0.1) is 12.3 Å². The third-order valence-electron chi connectivity index (χ3n) is 3.97. The van der Waals surface area contributed by atoms with Crippen molar-refractivity contribution in [2.24, 2.45) is 0 Å². The molecule has 0 N–H and O–H groups in total. The summed E-state index contributed by atoms with van der Waals surface area (Å²) < 4.78 is 16.7. The maximum atomic E-state index is 11.5. The Hall–Kier alpha value is -0.985. The minimum Gasteiger partial charge on any atom is -0.469 e. The summed E-state index contributed by atoms with van der Waals surface area (Å²) in [6.07, 6.45) is 6.83. The molecule has 4 nitrogen and oxygen atoms in total. The Morgan fingerprint density at radius 1 is 1.32 bits per heavy atom. The fraction of sp³-hybridized carbons (Fsp3) is 0.786. The fourth-order valence-corrected chi connectivity index (χ4v) is 1.98. The Kier molecular flexibility index (Phi) is 5.06. The molecule has 106 valence electrons. The number of carbonyl (C=O) groups excluding carboxylic acids is 1. The number of ether oxygens (including phenoxy) is 1. The van der Waals surface area contributed by atoms with E-state index in [1.165, 1.54) is 7.11 Å². The highest BCUT2D eigenvalue weighted by Gasteiger charge is 2.53. The molecule has 1 fully saturated rings. The van der Waals surface area contributed by atoms with Crippen molar-refractivity contribution in [3.63, 3.8) is 0 Å². The lowest BCUT2D eigenvalue weighted by Crippen LogP contribution is -2.41. The molecule has 0 aromatic heterocycles. The second-order valence-electron chi connectivity index (χ2n) is 5.91. The van der Waals surface area contributed by atoms with Gasteiger partial charge in [-0.25, -0.2) is 0 Å². The summed E-state index contributed by atoms with van der Waals surface area (Å²) in [5, 5.41) is 0. The first-order valence-corrected chi connectivity index (χ1v) is 6.59. The molecule has 0 spiro atoms. The van der Waals surface area contributed by atoms with Crippen LogP contribution in [0.2, 0.25) is 5.82 Å². The summed E-state index contributed by atoms with van der Waals surface area (Å²) in [4.78, 5) is 11.5. The summed E-state index contributed by atoms with van der Waals surface area (Å²) >= 11 is 0. The first-order chi connectivity index (χ1) is 8.73. The third kappa shape index (κ3) is 3.74. The van der Waals surface area contributed by atoms with Gasteiger partial charge in [0.15, 0.2) is 0 Å². The summed E-state index contributed by atoms with van der Waals surface area (Å²) in [6, 6.07) is 0. The maximum absolute atomic E-state index is 11.5. The van der Waals surface area contributed by atoms with Crippen LogP contribution in [0.25, 0.3) is 0 Å². The van der Waals surface area contributed by atoms with Crippen molar-refractivity contribution in [3.8, 4) is 12.3 Å². The molecule has 0 radical (unpaired) electrons. The van der Waals surface area contributed by atoms with E-state index in [2.05, 4.69) is 5.92 Å². The van der Waals surface area contributed by atoms with Crippen LogP contribution >= 0.6 is 0 Å². The molecule has 1 aliphatic heterocycles. The molecule has 1 aliphatic rings. The smallest absolute Gasteiger partial charge is 0.461 e. The van der Waals surface area contributed by atoms with Crippen LogP contribution in [0.5, 0.6) is 0 Å². The predicted molar refractivity (Wildman–Crippen MR) is 74.5 cm³/mol. The van der Waals surface area contributed by atoms with Gasteiger partial charge in [0.05, 0.1) is 18.3 Å². The number of carbonyl (C=O) groups is 1. The van der Waals surface area contributed by atoms with Crippen molar-refractivity contribution >= 4 is 13.1 Å². The van der Waals surface area contributed by atoms with Gasteiger partial charge in [0, 0.05) is 18.7 Å². The minimum absolute atomic E-state index is 0.0791. The van der Waals surface area contributed by atoms with Gasteiger partial charge < -0.3 is 14.0 Å². The van der Waals surface area contributed by atoms with Crippen LogP contribution in [0, 0.1) is 12.3 Å². The van der Waals surface area contributed by atoms with Crippen LogP contribution in [0.3, 0.4) is 0 Å². The van der Waals surface area contributed by atoms with Crippen molar-refractivity contribution in [1.29, 1.82) is 0 Å². The van der Waals surface area contributed by atoms with E-state index < -0.39 is 18.3 Å². The molecule has 0 aromatic rings. The average Bonchev–Trinajstić information content (AvgIpc) is 2.53. The van der Waals surface area contributed by atoms with Crippen LogP contribution in [0.4, 0.5) is 0 Å². The van der Waals surface area contributed by atoms with Crippen molar-refractivity contribution in [2.75, 3.05) is 7.11 Å². The fourth-order valence-electron chi connectivity index (χ4n) is 1.98. The summed E-state index contributed by atoms with van der Waals surface area (Å²) in [5.41, 5.74) is -0.801. The van der Waals surface area contributed by atoms with Crippen LogP contribution in [0.1, 0.15) is 47.0 Å². The number of hydrogen-bond acceptors (Lipinski definition) is 4. The Morgan fingerprint density at radius 3 is 2.26 bits per heavy atom. The quantitative estimate of drug-likeness (QED) is 0.435. The largest absolute Gasteiger partial charge is 0.469 e. The van der Waals surface area contributed by atoms with Gasteiger partial charge in [-0.3, -0.25) is 4.79 Å². The highest BCUT2D eigenvalue weighted by molar-refractivity contribution is 6.47. The molecule has 19 heavy (non-hydrogen) atoms. The Balaban J connectivity index is 2.77. The number of hydrogen-bond donors (Lipinski definition) is 0. The van der Waals surface area contributed by atoms with Gasteiger partial charge in [-0.1, -0.05) is 0 Å². The van der Waals surface area contributed by atoms with Gasteiger partial charge in [-0.2, -0.15) is 0 Å². The summed E-state index contributed by atoms with van der Waals surface area (Å²) in [5.74, 6) is 2.25. The van der Waals surface area contributed by atoms with E-state index in [-0.39, 0.29) is 18.2 Å². The Bertz CT molecular complexity index is 354. The van der Waals surface area contributed by atoms with E-state index in [4.69, 9.17) is 20.5 Å². The second kappa shape index (κ2) is 5.98. The zero-order chi connectivity index (χ0) is 14.7. The van der Waals surface area contributed by atoms with E-state index in [1.54, 1.807) is 0 Å². The molecule has 0 bridgehead atoms. The van der Waals surface area contributed by atoms with Crippen LogP contribution in [-0.4, -0.2) is 31.4 Å². The first kappa shape index (κ1) is 16.1. The van der Waals surface area contributed by atoms with Crippen LogP contribution < -0.4 is 0 Å². The molecule has 1 atom stereocenters. The Labute approximate surface area is 116 Å². The van der Waals surface area contributed by atoms with Crippen molar-refractivity contribution in [3.05, 3.63) is 0 Å². The zero-order valence-corrected chi connectivity index (χ0v) is 12.5. The highest BCUT2D eigenvalue weighted by Crippen LogP contribution is 2.41. The van der Waals surface area contributed by atoms with E-state index in [0.717, 1.165) is 0 Å². The van der Waals surface area contributed by atoms with Gasteiger partial charge in [0.2, 0.25) is 0 Å². The normalized spacial score (nSPS) is 21.8. The predicted octanol–water partition coefficient (Wildman–Crippen LogP) is 2.43. The number of terminal acetylenes is 1. The molecule has 0 amide bonds. The van der Waals surface area contributed by atoms with E-state index in [9.17, 15) is 4.79 Å². The molecular formula is C14H23BO4. The lowest BCUT2D eigenvalue weighted by molar-refractivity contribution is -0.140. The molecule has 0 unspecified atom stereocenters. The maximum Gasteiger partial charge on any atom is 0.461 e. The number of rotatable bonds is 5. The first-order valence-electron chi connectivity index (χ1n) is 6.59. The van der Waals surface area contributed by atoms with Crippen molar-refractivity contribution in [2.45, 2.75) is 64.0 Å². The summed E-state index contributed by atoms with van der Waals surface area (Å²) in [6.45, 7) is 7.96. The number of esters is 1. The topological polar surface area (TPSA) is 44.8 Å². The van der Waals surface area contributed by atoms with Gasteiger partial charge in [0.1, 0.15) is 0 Å². The number of methoxy groups -OCH3 is 1. The van der Waals surface area contributed by atoms with Gasteiger partial charge >= 0.3 is 13.1 Å². The minimum atomic E-state index is -0.419. The summed E-state index contributed by atoms with van der Waals surface area (Å²) in [7, 11) is 0.961. The zero-order valence-electron chi connectivity index (χ0n) is 12.5. The molecule has 0 aliphatic carbocycles. The average molecular weight is 266 g/mol. The molecule has 1 rings (SSSR count). The lowest BCUT2D eigenvalue weighted by Gasteiger charge is -2.32. The molecule has 0 saturated carbocycles.